The molecule has 150 valence electrons. The van der Waals surface area contributed by atoms with E-state index in [1.165, 1.54) is 0 Å². The van der Waals surface area contributed by atoms with Gasteiger partial charge in [-0.1, -0.05) is 17.7 Å². The molecule has 8 heteroatoms. The maximum Gasteiger partial charge on any atom is 0.256 e. The minimum Gasteiger partial charge on any atom is -0.352 e. The summed E-state index contributed by atoms with van der Waals surface area (Å²) in [5.41, 5.74) is 1.09. The molecule has 0 radical (unpaired) electrons. The molecule has 7 nitrogen and oxygen atoms in total. The van der Waals surface area contributed by atoms with Gasteiger partial charge >= 0.3 is 0 Å². The number of rotatable bonds is 6. The lowest BCUT2D eigenvalue weighted by molar-refractivity contribution is -0.122. The Kier molecular flexibility index (Phi) is 6.70. The highest BCUT2D eigenvalue weighted by molar-refractivity contribution is 6.31. The molecular formula is C20H25ClN4O3. The predicted molar refractivity (Wildman–Crippen MR) is 109 cm³/mol. The first-order valence-corrected chi connectivity index (χ1v) is 9.86. The van der Waals surface area contributed by atoms with Crippen LogP contribution in [0.3, 0.4) is 0 Å². The number of halogens is 1. The Hall–Kier alpha value is -2.38. The van der Waals surface area contributed by atoms with Gasteiger partial charge in [0.15, 0.2) is 0 Å². The molecule has 28 heavy (non-hydrogen) atoms. The van der Waals surface area contributed by atoms with Gasteiger partial charge in [0.2, 0.25) is 11.8 Å². The summed E-state index contributed by atoms with van der Waals surface area (Å²) >= 11 is 6.12. The molecule has 0 atom stereocenters. The van der Waals surface area contributed by atoms with Crippen molar-refractivity contribution >= 4 is 35.0 Å². The van der Waals surface area contributed by atoms with E-state index in [-0.39, 0.29) is 17.7 Å². The molecule has 3 amide bonds. The molecule has 2 aliphatic rings. The number of hydrogen-bond acceptors (Lipinski definition) is 4. The van der Waals surface area contributed by atoms with Crippen LogP contribution in [0.25, 0.3) is 0 Å². The third-order valence-electron chi connectivity index (χ3n) is 5.02. The summed E-state index contributed by atoms with van der Waals surface area (Å²) in [6.45, 7) is 7.25. The van der Waals surface area contributed by atoms with Crippen LogP contribution in [0.15, 0.2) is 30.9 Å². The van der Waals surface area contributed by atoms with Gasteiger partial charge in [-0.15, -0.1) is 6.58 Å². The highest BCUT2D eigenvalue weighted by atomic mass is 35.5. The predicted octanol–water partition coefficient (Wildman–Crippen LogP) is 1.53. The first-order valence-electron chi connectivity index (χ1n) is 9.48. The quantitative estimate of drug-likeness (QED) is 0.730. The van der Waals surface area contributed by atoms with Gasteiger partial charge in [-0.25, -0.2) is 0 Å². The summed E-state index contributed by atoms with van der Waals surface area (Å²) in [5, 5.41) is 3.26. The van der Waals surface area contributed by atoms with Crippen molar-refractivity contribution in [2.24, 2.45) is 0 Å². The van der Waals surface area contributed by atoms with Crippen molar-refractivity contribution in [2.75, 3.05) is 50.7 Å². The van der Waals surface area contributed by atoms with Crippen molar-refractivity contribution in [3.8, 4) is 0 Å². The molecule has 2 fully saturated rings. The van der Waals surface area contributed by atoms with E-state index in [2.05, 4.69) is 11.9 Å². The van der Waals surface area contributed by atoms with E-state index in [1.54, 1.807) is 34.1 Å². The average Bonchev–Trinajstić information content (AvgIpc) is 3.12. The van der Waals surface area contributed by atoms with Gasteiger partial charge in [-0.3, -0.25) is 19.3 Å². The lowest BCUT2D eigenvalue weighted by Crippen LogP contribution is -2.51. The molecule has 2 saturated heterocycles. The maximum absolute atomic E-state index is 13.1. The van der Waals surface area contributed by atoms with Crippen molar-refractivity contribution < 1.29 is 14.4 Å². The smallest absolute Gasteiger partial charge is 0.256 e. The fraction of sp³-hybridized carbons (Fsp3) is 0.450. The second-order valence-corrected chi connectivity index (χ2v) is 7.41. The number of hydrogen-bond donors (Lipinski definition) is 1. The summed E-state index contributed by atoms with van der Waals surface area (Å²) in [5.74, 6) is -0.138. The van der Waals surface area contributed by atoms with Crippen LogP contribution in [-0.2, 0) is 9.59 Å². The van der Waals surface area contributed by atoms with E-state index in [0.29, 0.717) is 68.5 Å². The number of benzene rings is 1. The Bertz CT molecular complexity index is 775. The van der Waals surface area contributed by atoms with Crippen LogP contribution >= 0.6 is 11.6 Å². The Labute approximate surface area is 169 Å². The summed E-state index contributed by atoms with van der Waals surface area (Å²) in [4.78, 5) is 42.5. The first kappa shape index (κ1) is 20.4. The molecule has 1 N–H and O–H groups in total. The molecule has 0 aromatic heterocycles. The zero-order valence-electron chi connectivity index (χ0n) is 15.8. The molecule has 0 spiro atoms. The molecule has 0 saturated carbocycles. The van der Waals surface area contributed by atoms with Crippen LogP contribution in [0.1, 0.15) is 23.2 Å². The van der Waals surface area contributed by atoms with E-state index >= 15 is 0 Å². The minimum absolute atomic E-state index is 0.0201. The lowest BCUT2D eigenvalue weighted by Gasteiger charge is -2.35. The zero-order chi connectivity index (χ0) is 20.1. The summed E-state index contributed by atoms with van der Waals surface area (Å²) in [6.07, 6.45) is 2.92. The fourth-order valence-electron chi connectivity index (χ4n) is 3.54. The first-order chi connectivity index (χ1) is 13.5. The maximum atomic E-state index is 13.1. The van der Waals surface area contributed by atoms with Crippen LogP contribution in [-0.4, -0.2) is 73.3 Å². The monoisotopic (exact) mass is 404 g/mol. The number of carbonyl (C=O) groups is 3. The average molecular weight is 405 g/mol. The van der Waals surface area contributed by atoms with E-state index in [9.17, 15) is 14.4 Å². The highest BCUT2D eigenvalue weighted by Crippen LogP contribution is 2.29. The fourth-order valence-corrected chi connectivity index (χ4v) is 3.70. The summed E-state index contributed by atoms with van der Waals surface area (Å²) in [6, 6.07) is 5.07. The Balaban J connectivity index is 1.65. The van der Waals surface area contributed by atoms with Crippen LogP contribution in [0, 0.1) is 0 Å². The van der Waals surface area contributed by atoms with Crippen molar-refractivity contribution in [1.29, 1.82) is 0 Å². The van der Waals surface area contributed by atoms with Gasteiger partial charge in [0, 0.05) is 50.7 Å². The number of anilines is 1. The lowest BCUT2D eigenvalue weighted by atomic mass is 10.1. The van der Waals surface area contributed by atoms with Gasteiger partial charge in [0.1, 0.15) is 0 Å². The van der Waals surface area contributed by atoms with Gasteiger partial charge in [0.05, 0.1) is 17.8 Å². The topological polar surface area (TPSA) is 73.0 Å². The second-order valence-electron chi connectivity index (χ2n) is 6.97. The Morgan fingerprint density at radius 2 is 1.93 bits per heavy atom. The molecule has 0 aliphatic carbocycles. The van der Waals surface area contributed by atoms with Gasteiger partial charge in [-0.05, 0) is 24.6 Å². The normalized spacial score (nSPS) is 17.7. The summed E-state index contributed by atoms with van der Waals surface area (Å²) < 4.78 is 0. The molecule has 2 aliphatic heterocycles. The zero-order valence-corrected chi connectivity index (χ0v) is 16.6. The molecule has 0 unspecified atom stereocenters. The number of nitrogens with zero attached hydrogens (tertiary/aromatic N) is 3. The standard InChI is InChI=1S/C20H25ClN4O3/c1-2-7-22-18(26)14-23-9-11-24(12-10-23)20(28)16-6-5-15(21)13-17(16)25-8-3-4-19(25)27/h2,5-6,13H,1,3-4,7-12,14H2,(H,22,26). The third-order valence-corrected chi connectivity index (χ3v) is 5.26. The van der Waals surface area contributed by atoms with Crippen LogP contribution in [0.4, 0.5) is 5.69 Å². The number of amides is 3. The van der Waals surface area contributed by atoms with Crippen LogP contribution in [0.5, 0.6) is 0 Å². The van der Waals surface area contributed by atoms with E-state index in [1.807, 2.05) is 4.90 Å². The van der Waals surface area contributed by atoms with E-state index < -0.39 is 0 Å². The van der Waals surface area contributed by atoms with Crippen molar-refractivity contribution in [3.05, 3.63) is 41.4 Å². The minimum atomic E-state index is -0.109. The van der Waals surface area contributed by atoms with Gasteiger partial charge in [0.25, 0.3) is 5.91 Å². The van der Waals surface area contributed by atoms with Crippen molar-refractivity contribution in [3.63, 3.8) is 0 Å². The van der Waals surface area contributed by atoms with Crippen molar-refractivity contribution in [1.82, 2.24) is 15.1 Å². The van der Waals surface area contributed by atoms with E-state index in [0.717, 1.165) is 6.42 Å². The van der Waals surface area contributed by atoms with Crippen LogP contribution in [0.2, 0.25) is 5.02 Å². The molecule has 2 heterocycles. The van der Waals surface area contributed by atoms with Crippen LogP contribution < -0.4 is 10.2 Å². The molecule has 0 bridgehead atoms. The van der Waals surface area contributed by atoms with Crippen molar-refractivity contribution in [2.45, 2.75) is 12.8 Å². The Morgan fingerprint density at radius 1 is 1.18 bits per heavy atom. The second kappa shape index (κ2) is 9.21. The van der Waals surface area contributed by atoms with Gasteiger partial charge in [-0.2, -0.15) is 0 Å². The highest BCUT2D eigenvalue weighted by Gasteiger charge is 2.29. The van der Waals surface area contributed by atoms with E-state index in [4.69, 9.17) is 11.6 Å². The molecule has 1 aromatic carbocycles. The molecule has 3 rings (SSSR count). The Morgan fingerprint density at radius 3 is 2.57 bits per heavy atom. The number of carbonyl (C=O) groups excluding carboxylic acids is 3. The molecule has 1 aromatic rings. The number of piperazine rings is 1. The summed E-state index contributed by atoms with van der Waals surface area (Å²) in [7, 11) is 0. The number of nitrogens with one attached hydrogen (secondary N) is 1. The van der Waals surface area contributed by atoms with Gasteiger partial charge < -0.3 is 15.1 Å². The SMILES string of the molecule is C=CCNC(=O)CN1CCN(C(=O)c2ccc(Cl)cc2N2CCCC2=O)CC1. The third kappa shape index (κ3) is 4.72. The largest absolute Gasteiger partial charge is 0.352 e. The molecular weight excluding hydrogens is 380 g/mol.